The van der Waals surface area contributed by atoms with E-state index in [9.17, 15) is 9.59 Å². The summed E-state index contributed by atoms with van der Waals surface area (Å²) in [7, 11) is 2.59. The lowest BCUT2D eigenvalue weighted by molar-refractivity contribution is -0.424. The highest BCUT2D eigenvalue weighted by molar-refractivity contribution is 6.13. The average Bonchev–Trinajstić information content (AvgIpc) is 3.00. The van der Waals surface area contributed by atoms with Gasteiger partial charge in [0.15, 0.2) is 6.54 Å². The van der Waals surface area contributed by atoms with E-state index >= 15 is 0 Å². The molecule has 0 fully saturated rings. The molecule has 1 radical (unpaired) electrons. The van der Waals surface area contributed by atoms with Crippen molar-refractivity contribution < 1.29 is 23.6 Å². The molecule has 2 aromatic carbocycles. The molecule has 2 atom stereocenters. The first-order valence-electron chi connectivity index (χ1n) is 8.47. The van der Waals surface area contributed by atoms with Crippen LogP contribution in [0.5, 0.6) is 0 Å². The van der Waals surface area contributed by atoms with Gasteiger partial charge in [-0.3, -0.25) is 14.2 Å². The normalized spacial score (nSPS) is 19.0. The van der Waals surface area contributed by atoms with Crippen LogP contribution in [0.2, 0.25) is 0 Å². The van der Waals surface area contributed by atoms with E-state index in [-0.39, 0.29) is 0 Å². The van der Waals surface area contributed by atoms with Gasteiger partial charge in [-0.15, -0.1) is 12.1 Å². The van der Waals surface area contributed by atoms with Crippen LogP contribution in [-0.2, 0) is 19.1 Å². The Balaban J connectivity index is 2.18. The lowest BCUT2D eigenvalue weighted by Gasteiger charge is -2.15. The van der Waals surface area contributed by atoms with Crippen molar-refractivity contribution >= 4 is 17.7 Å². The molecule has 3 rings (SSSR count). The van der Waals surface area contributed by atoms with Crippen molar-refractivity contribution in [3.05, 3.63) is 90.6 Å². The molecule has 5 heteroatoms. The van der Waals surface area contributed by atoms with Crippen molar-refractivity contribution in [1.82, 2.24) is 0 Å². The van der Waals surface area contributed by atoms with Crippen molar-refractivity contribution in [1.29, 1.82) is 0 Å². The number of rotatable bonds is 5. The average molecular weight is 362 g/mol. The molecule has 2 unspecified atom stereocenters. The van der Waals surface area contributed by atoms with Gasteiger partial charge in [0.1, 0.15) is 23.2 Å². The Hall–Kier alpha value is -3.34. The summed E-state index contributed by atoms with van der Waals surface area (Å²) in [6.45, 7) is 7.30. The maximum absolute atomic E-state index is 12.6. The third kappa shape index (κ3) is 3.49. The van der Waals surface area contributed by atoms with Crippen molar-refractivity contribution in [3.8, 4) is 0 Å². The summed E-state index contributed by atoms with van der Waals surface area (Å²) in [5.74, 6) is -2.81. The third-order valence-corrected chi connectivity index (χ3v) is 4.51. The highest BCUT2D eigenvalue weighted by Crippen LogP contribution is 2.35. The van der Waals surface area contributed by atoms with Crippen LogP contribution in [0.25, 0.3) is 0 Å². The minimum atomic E-state index is -0.881. The van der Waals surface area contributed by atoms with Crippen molar-refractivity contribution in [2.45, 2.75) is 0 Å². The van der Waals surface area contributed by atoms with E-state index in [4.69, 9.17) is 9.47 Å². The summed E-state index contributed by atoms with van der Waals surface area (Å²) >= 11 is 0. The number of ether oxygens (including phenoxy) is 2. The molecule has 0 saturated carbocycles. The third-order valence-electron chi connectivity index (χ3n) is 4.51. The maximum atomic E-state index is 12.6. The number of carbonyl (C=O) groups excluding carboxylic acids is 2. The van der Waals surface area contributed by atoms with Crippen LogP contribution in [0.1, 0.15) is 11.1 Å². The van der Waals surface area contributed by atoms with E-state index in [2.05, 4.69) is 13.1 Å². The second-order valence-electron chi connectivity index (χ2n) is 6.06. The molecule has 5 nitrogen and oxygen atoms in total. The molecule has 2 aromatic rings. The van der Waals surface area contributed by atoms with Gasteiger partial charge >= 0.3 is 11.9 Å². The molecule has 0 aromatic heterocycles. The van der Waals surface area contributed by atoms with Crippen LogP contribution in [-0.4, -0.2) is 36.4 Å². The minimum Gasteiger partial charge on any atom is -0.469 e. The van der Waals surface area contributed by atoms with Crippen molar-refractivity contribution in [3.63, 3.8) is 0 Å². The fourth-order valence-corrected chi connectivity index (χ4v) is 3.25. The molecule has 0 amide bonds. The van der Waals surface area contributed by atoms with Gasteiger partial charge in [0.05, 0.1) is 14.2 Å². The molecule has 0 saturated heterocycles. The number of carbonyl (C=O) groups is 2. The van der Waals surface area contributed by atoms with Crippen LogP contribution >= 0.6 is 0 Å². The van der Waals surface area contributed by atoms with Gasteiger partial charge in [0.25, 0.3) is 0 Å². The maximum Gasteiger partial charge on any atom is 0.312 e. The van der Waals surface area contributed by atoms with Gasteiger partial charge in [-0.2, -0.15) is 0 Å². The smallest absolute Gasteiger partial charge is 0.312 e. The minimum absolute atomic E-state index is 0.417. The molecular formula is C22H20NO4. The Bertz CT molecular complexity index is 887. The zero-order chi connectivity index (χ0) is 19.4. The fraction of sp³-hybridized carbons (Fsp3) is 0.182. The molecule has 27 heavy (non-hydrogen) atoms. The summed E-state index contributed by atoms with van der Waals surface area (Å²) in [5, 5.41) is 0. The summed E-state index contributed by atoms with van der Waals surface area (Å²) in [5.41, 5.74) is 2.58. The first kappa shape index (κ1) is 18.5. The van der Waals surface area contributed by atoms with Crippen LogP contribution in [0.3, 0.4) is 0 Å². The zero-order valence-electron chi connectivity index (χ0n) is 15.2. The van der Waals surface area contributed by atoms with Gasteiger partial charge in [-0.1, -0.05) is 60.7 Å². The van der Waals surface area contributed by atoms with Crippen molar-refractivity contribution in [2.24, 2.45) is 11.8 Å². The fourth-order valence-electron chi connectivity index (χ4n) is 3.25. The van der Waals surface area contributed by atoms with Gasteiger partial charge in [-0.25, -0.2) is 0 Å². The molecule has 1 aliphatic heterocycles. The summed E-state index contributed by atoms with van der Waals surface area (Å²) in [6.07, 6.45) is 0. The monoisotopic (exact) mass is 362 g/mol. The second kappa shape index (κ2) is 7.91. The molecule has 0 spiro atoms. The Morgan fingerprint density at radius 1 is 0.889 bits per heavy atom. The molecule has 0 N–H and O–H groups in total. The molecule has 0 bridgehead atoms. The van der Waals surface area contributed by atoms with E-state index < -0.39 is 23.8 Å². The standard InChI is InChI=1S/C22H20NO4/c1-15-18(21(24)26-2)19(22(25)27-3)20(17-12-8-5-9-13-17)23(15)14-16-10-6-4-7-11-16/h4-13,18-19H,1H2,2-3H3. The lowest BCUT2D eigenvalue weighted by atomic mass is 9.86. The predicted octanol–water partition coefficient (Wildman–Crippen LogP) is 2.68. The quantitative estimate of drug-likeness (QED) is 0.466. The number of benzene rings is 2. The van der Waals surface area contributed by atoms with E-state index in [1.54, 1.807) is 4.58 Å². The Morgan fingerprint density at radius 3 is 1.96 bits per heavy atom. The lowest BCUT2D eigenvalue weighted by Crippen LogP contribution is -2.34. The van der Waals surface area contributed by atoms with Crippen molar-refractivity contribution in [2.75, 3.05) is 14.2 Å². The predicted molar refractivity (Wildman–Crippen MR) is 99.8 cm³/mol. The number of hydrogen-bond acceptors (Lipinski definition) is 4. The second-order valence-corrected chi connectivity index (χ2v) is 6.06. The van der Waals surface area contributed by atoms with Crippen LogP contribution < -0.4 is 0 Å². The highest BCUT2D eigenvalue weighted by Gasteiger charge is 2.51. The number of nitrogens with zero attached hydrogens (tertiary/aromatic N) is 1. The highest BCUT2D eigenvalue weighted by atomic mass is 16.5. The molecule has 1 aliphatic rings. The first-order valence-corrected chi connectivity index (χ1v) is 8.47. The summed E-state index contributed by atoms with van der Waals surface area (Å²) in [6, 6.07) is 18.8. The van der Waals surface area contributed by atoms with E-state index in [0.29, 0.717) is 11.4 Å². The number of hydrogen-bond donors (Lipinski definition) is 0. The molecular weight excluding hydrogens is 342 g/mol. The number of esters is 2. The van der Waals surface area contributed by atoms with Crippen LogP contribution in [0, 0.1) is 18.4 Å². The molecule has 137 valence electrons. The zero-order valence-corrected chi connectivity index (χ0v) is 15.2. The van der Waals surface area contributed by atoms with Crippen LogP contribution in [0.15, 0.2) is 72.9 Å². The van der Waals surface area contributed by atoms with Gasteiger partial charge in [0, 0.05) is 5.56 Å². The van der Waals surface area contributed by atoms with Gasteiger partial charge < -0.3 is 9.47 Å². The van der Waals surface area contributed by atoms with Gasteiger partial charge in [0.2, 0.25) is 0 Å². The topological polar surface area (TPSA) is 55.6 Å². The largest absolute Gasteiger partial charge is 0.469 e. The van der Waals surface area contributed by atoms with Gasteiger partial charge in [-0.05, 0) is 0 Å². The Labute approximate surface area is 158 Å². The molecule has 0 aliphatic carbocycles. The number of methoxy groups -OCH3 is 2. The van der Waals surface area contributed by atoms with Crippen LogP contribution in [0.4, 0.5) is 0 Å². The van der Waals surface area contributed by atoms with E-state index in [0.717, 1.165) is 11.1 Å². The summed E-state index contributed by atoms with van der Waals surface area (Å²) in [4.78, 5) is 25.1. The van der Waals surface area contributed by atoms with E-state index in [1.165, 1.54) is 14.2 Å². The Kier molecular flexibility index (Phi) is 5.41. The van der Waals surface area contributed by atoms with E-state index in [1.807, 2.05) is 60.7 Å². The Morgan fingerprint density at radius 2 is 1.41 bits per heavy atom. The SMILES string of the molecule is C=C1C(C(=O)OC)C(C(=O)OC)C(c2ccccc2)=[N+]1[C-]c1ccccc1. The first-order chi connectivity index (χ1) is 13.1. The summed E-state index contributed by atoms with van der Waals surface area (Å²) < 4.78 is 11.6. The molecule has 1 heterocycles.